The minimum atomic E-state index is -3.45. The van der Waals surface area contributed by atoms with Crippen LogP contribution in [0.1, 0.15) is 35.0 Å². The molecule has 0 N–H and O–H groups in total. The van der Waals surface area contributed by atoms with E-state index in [4.69, 9.17) is 0 Å². The third-order valence-electron chi connectivity index (χ3n) is 3.32. The van der Waals surface area contributed by atoms with Gasteiger partial charge < -0.3 is 0 Å². The molecule has 2 aromatic carbocycles. The van der Waals surface area contributed by atoms with E-state index in [0.717, 1.165) is 5.56 Å². The van der Waals surface area contributed by atoms with Crippen molar-refractivity contribution < 1.29 is 13.2 Å². The van der Waals surface area contributed by atoms with E-state index in [-0.39, 0.29) is 10.7 Å². The van der Waals surface area contributed by atoms with Gasteiger partial charge in [-0.25, -0.2) is 8.42 Å². The zero-order valence-electron chi connectivity index (χ0n) is 11.4. The predicted molar refractivity (Wildman–Crippen MR) is 78.5 cm³/mol. The van der Waals surface area contributed by atoms with Crippen LogP contribution in [0, 0.1) is 0 Å². The Bertz CT molecular complexity index is 701. The van der Waals surface area contributed by atoms with Crippen molar-refractivity contribution in [1.82, 2.24) is 0 Å². The van der Waals surface area contributed by atoms with Gasteiger partial charge in [0.1, 0.15) is 0 Å². The molecule has 104 valence electrons. The zero-order valence-corrected chi connectivity index (χ0v) is 12.2. The summed E-state index contributed by atoms with van der Waals surface area (Å²) in [5.74, 6) is -0.0787. The molecule has 0 fully saturated rings. The number of carbonyl (C=O) groups is 1. The van der Waals surface area contributed by atoms with Gasteiger partial charge in [-0.1, -0.05) is 42.5 Å². The third kappa shape index (κ3) is 2.80. The molecule has 0 aliphatic heterocycles. The van der Waals surface area contributed by atoms with E-state index < -0.39 is 15.1 Å². The number of hydrogen-bond acceptors (Lipinski definition) is 3. The summed E-state index contributed by atoms with van der Waals surface area (Å²) >= 11 is 0. The normalized spacial score (nSPS) is 12.9. The molecule has 2 aromatic rings. The van der Waals surface area contributed by atoms with Crippen LogP contribution >= 0.6 is 0 Å². The average molecular weight is 288 g/mol. The Labute approximate surface area is 119 Å². The topological polar surface area (TPSA) is 51.2 Å². The van der Waals surface area contributed by atoms with E-state index in [1.807, 2.05) is 18.2 Å². The Hall–Kier alpha value is -1.94. The van der Waals surface area contributed by atoms with Crippen molar-refractivity contribution in [3.05, 3.63) is 65.7 Å². The van der Waals surface area contributed by atoms with Crippen molar-refractivity contribution >= 4 is 15.6 Å². The Morgan fingerprint density at radius 3 is 2.00 bits per heavy atom. The highest BCUT2D eigenvalue weighted by molar-refractivity contribution is 7.91. The first-order valence-corrected chi connectivity index (χ1v) is 7.87. The van der Waals surface area contributed by atoms with Crippen LogP contribution in [0.3, 0.4) is 0 Å². The fourth-order valence-corrected chi connectivity index (χ4v) is 3.43. The van der Waals surface area contributed by atoms with Gasteiger partial charge in [0, 0.05) is 5.56 Å². The number of benzene rings is 2. The van der Waals surface area contributed by atoms with Crippen molar-refractivity contribution in [3.8, 4) is 0 Å². The monoisotopic (exact) mass is 288 g/mol. The van der Waals surface area contributed by atoms with Crippen LogP contribution in [-0.2, 0) is 9.84 Å². The largest absolute Gasteiger partial charge is 0.295 e. The van der Waals surface area contributed by atoms with Crippen LogP contribution < -0.4 is 0 Å². The lowest BCUT2D eigenvalue weighted by Gasteiger charge is -2.13. The number of ketones is 1. The molecule has 0 amide bonds. The van der Waals surface area contributed by atoms with E-state index in [2.05, 4.69) is 0 Å². The van der Waals surface area contributed by atoms with Crippen molar-refractivity contribution in [3.63, 3.8) is 0 Å². The summed E-state index contributed by atoms with van der Waals surface area (Å²) in [4.78, 5) is 11.4. The fraction of sp³-hybridized carbons (Fsp3) is 0.188. The molecule has 0 radical (unpaired) electrons. The molecular formula is C16H16O3S. The van der Waals surface area contributed by atoms with Crippen molar-refractivity contribution in [1.29, 1.82) is 0 Å². The summed E-state index contributed by atoms with van der Waals surface area (Å²) in [6, 6.07) is 15.2. The lowest BCUT2D eigenvalue weighted by atomic mass is 10.2. The predicted octanol–water partition coefficient (Wildman–Crippen LogP) is 3.42. The summed E-state index contributed by atoms with van der Waals surface area (Å²) in [6.07, 6.45) is 0. The number of sulfone groups is 1. The average Bonchev–Trinajstić information content (AvgIpc) is 2.47. The van der Waals surface area contributed by atoms with Gasteiger partial charge in [-0.15, -0.1) is 0 Å². The van der Waals surface area contributed by atoms with E-state index in [1.54, 1.807) is 31.2 Å². The molecule has 0 saturated carbocycles. The van der Waals surface area contributed by atoms with Gasteiger partial charge in [-0.05, 0) is 31.5 Å². The molecular weight excluding hydrogens is 272 g/mol. The molecule has 0 saturated heterocycles. The molecule has 0 aromatic heterocycles. The van der Waals surface area contributed by atoms with E-state index in [9.17, 15) is 13.2 Å². The second-order valence-electron chi connectivity index (χ2n) is 4.68. The Morgan fingerprint density at radius 1 is 0.950 bits per heavy atom. The van der Waals surface area contributed by atoms with Gasteiger partial charge in [0.15, 0.2) is 15.6 Å². The van der Waals surface area contributed by atoms with Crippen LogP contribution in [0.5, 0.6) is 0 Å². The van der Waals surface area contributed by atoms with Crippen LogP contribution in [0.15, 0.2) is 59.5 Å². The van der Waals surface area contributed by atoms with Crippen molar-refractivity contribution in [2.24, 2.45) is 0 Å². The maximum atomic E-state index is 12.5. The quantitative estimate of drug-likeness (QED) is 0.810. The first kappa shape index (κ1) is 14.5. The summed E-state index contributed by atoms with van der Waals surface area (Å²) in [5, 5.41) is -0.619. The van der Waals surface area contributed by atoms with Gasteiger partial charge in [0.2, 0.25) is 0 Å². The number of carbonyl (C=O) groups excluding carboxylic acids is 1. The van der Waals surface area contributed by atoms with E-state index in [1.165, 1.54) is 19.1 Å². The summed E-state index contributed by atoms with van der Waals surface area (Å²) < 4.78 is 25.1. The summed E-state index contributed by atoms with van der Waals surface area (Å²) in [5.41, 5.74) is 1.26. The standard InChI is InChI=1S/C16H16O3S/c1-12(17)14-8-10-16(11-9-14)20(18,19)13(2)15-6-4-3-5-7-15/h3-11,13H,1-2H3. The molecule has 1 unspecified atom stereocenters. The highest BCUT2D eigenvalue weighted by Gasteiger charge is 2.24. The van der Waals surface area contributed by atoms with Gasteiger partial charge >= 0.3 is 0 Å². The number of rotatable bonds is 4. The summed E-state index contributed by atoms with van der Waals surface area (Å²) in [7, 11) is -3.45. The zero-order chi connectivity index (χ0) is 14.8. The molecule has 1 atom stereocenters. The molecule has 0 aliphatic carbocycles. The van der Waals surface area contributed by atoms with E-state index in [0.29, 0.717) is 5.56 Å². The second-order valence-corrected chi connectivity index (χ2v) is 6.95. The molecule has 0 heterocycles. The summed E-state index contributed by atoms with van der Waals surface area (Å²) in [6.45, 7) is 3.12. The Morgan fingerprint density at radius 2 is 1.50 bits per heavy atom. The van der Waals surface area contributed by atoms with Gasteiger partial charge in [-0.3, -0.25) is 4.79 Å². The van der Waals surface area contributed by atoms with Gasteiger partial charge in [-0.2, -0.15) is 0 Å². The number of hydrogen-bond donors (Lipinski definition) is 0. The SMILES string of the molecule is CC(=O)c1ccc(S(=O)(=O)C(C)c2ccccc2)cc1. The molecule has 0 bridgehead atoms. The lowest BCUT2D eigenvalue weighted by Crippen LogP contribution is -2.10. The third-order valence-corrected chi connectivity index (χ3v) is 5.46. The minimum Gasteiger partial charge on any atom is -0.295 e. The molecule has 20 heavy (non-hydrogen) atoms. The molecule has 2 rings (SSSR count). The van der Waals surface area contributed by atoms with Gasteiger partial charge in [0.05, 0.1) is 10.1 Å². The van der Waals surface area contributed by atoms with Crippen LogP contribution in [0.2, 0.25) is 0 Å². The second kappa shape index (κ2) is 5.59. The lowest BCUT2D eigenvalue weighted by molar-refractivity contribution is 0.101. The first-order valence-electron chi connectivity index (χ1n) is 6.33. The minimum absolute atomic E-state index is 0.0787. The smallest absolute Gasteiger partial charge is 0.185 e. The van der Waals surface area contributed by atoms with Crippen LogP contribution in [0.25, 0.3) is 0 Å². The van der Waals surface area contributed by atoms with Crippen LogP contribution in [0.4, 0.5) is 0 Å². The maximum Gasteiger partial charge on any atom is 0.185 e. The van der Waals surface area contributed by atoms with Gasteiger partial charge in [0.25, 0.3) is 0 Å². The highest BCUT2D eigenvalue weighted by atomic mass is 32.2. The molecule has 0 aliphatic rings. The Kier molecular flexibility index (Phi) is 4.04. The maximum absolute atomic E-state index is 12.5. The molecule has 4 heteroatoms. The first-order chi connectivity index (χ1) is 9.43. The molecule has 0 spiro atoms. The fourth-order valence-electron chi connectivity index (χ4n) is 1.99. The van der Waals surface area contributed by atoms with Crippen molar-refractivity contribution in [2.45, 2.75) is 24.0 Å². The number of Topliss-reactive ketones (excluding diaryl/α,β-unsaturated/α-hetero) is 1. The Balaban J connectivity index is 2.37. The van der Waals surface area contributed by atoms with E-state index >= 15 is 0 Å². The van der Waals surface area contributed by atoms with Crippen LogP contribution in [-0.4, -0.2) is 14.2 Å². The highest BCUT2D eigenvalue weighted by Crippen LogP contribution is 2.28. The van der Waals surface area contributed by atoms with Crippen molar-refractivity contribution in [2.75, 3.05) is 0 Å². The molecule has 3 nitrogen and oxygen atoms in total.